The Labute approximate surface area is 183 Å². The van der Waals surface area contributed by atoms with Gasteiger partial charge in [-0.05, 0) is 23.8 Å². The van der Waals surface area contributed by atoms with Crippen molar-refractivity contribution in [3.8, 4) is 11.1 Å². The van der Waals surface area contributed by atoms with Crippen molar-refractivity contribution in [3.63, 3.8) is 0 Å². The summed E-state index contributed by atoms with van der Waals surface area (Å²) >= 11 is 6.50. The molecule has 4 rings (SSSR count). The van der Waals surface area contributed by atoms with Gasteiger partial charge in [0.1, 0.15) is 0 Å². The Morgan fingerprint density at radius 1 is 1.26 bits per heavy atom. The number of fused-ring (bicyclic) bond motifs is 1. The number of hydrogen-bond donors (Lipinski definition) is 2. The highest BCUT2D eigenvalue weighted by atomic mass is 35.5. The van der Waals surface area contributed by atoms with E-state index in [2.05, 4.69) is 22.1 Å². The summed E-state index contributed by atoms with van der Waals surface area (Å²) < 4.78 is 15.6. The van der Waals surface area contributed by atoms with Crippen molar-refractivity contribution in [2.24, 2.45) is 0 Å². The number of H-pyrrole nitrogens is 1. The largest absolute Gasteiger partial charge is 0.385 e. The number of aromatic amines is 1. The average molecular weight is 442 g/mol. The molecule has 0 atom stereocenters. The number of hydrogen-bond acceptors (Lipinski definition) is 4. The van der Waals surface area contributed by atoms with E-state index >= 15 is 4.39 Å². The maximum absolute atomic E-state index is 15.6. The number of carbonyl (C=O) groups excluding carboxylic acids is 2. The van der Waals surface area contributed by atoms with Crippen LogP contribution in [0.5, 0.6) is 0 Å². The van der Waals surface area contributed by atoms with E-state index in [-0.39, 0.29) is 33.7 Å². The lowest BCUT2D eigenvalue weighted by molar-refractivity contribution is -0.127. The average Bonchev–Trinajstić information content (AvgIpc) is 3.27. The maximum Gasteiger partial charge on any atom is 0.256 e. The fraction of sp³-hybridized carbons (Fsp3) is 0.227. The molecule has 0 spiro atoms. The number of rotatable bonds is 4. The summed E-state index contributed by atoms with van der Waals surface area (Å²) in [6, 6.07) is 6.88. The molecule has 0 saturated carbocycles. The van der Waals surface area contributed by atoms with Crippen LogP contribution in [0.3, 0.4) is 0 Å². The summed E-state index contributed by atoms with van der Waals surface area (Å²) in [5, 5.41) is 10.6. The van der Waals surface area contributed by atoms with E-state index in [1.54, 1.807) is 35.2 Å². The van der Waals surface area contributed by atoms with Crippen LogP contribution in [-0.4, -0.2) is 65.0 Å². The highest BCUT2D eigenvalue weighted by Gasteiger charge is 2.28. The van der Waals surface area contributed by atoms with Crippen LogP contribution in [0.4, 0.5) is 10.1 Å². The summed E-state index contributed by atoms with van der Waals surface area (Å²) in [4.78, 5) is 28.2. The Kier molecular flexibility index (Phi) is 5.65. The minimum Gasteiger partial charge on any atom is -0.385 e. The first-order chi connectivity index (χ1) is 15.0. The van der Waals surface area contributed by atoms with Crippen LogP contribution in [0.25, 0.3) is 22.0 Å². The Balaban J connectivity index is 1.71. The summed E-state index contributed by atoms with van der Waals surface area (Å²) in [5.74, 6) is -1.12. The Morgan fingerprint density at radius 3 is 2.65 bits per heavy atom. The SMILES string of the molecule is C=CC(=O)N1CCN(C(=O)c2cc(Cl)c(-c3cccc4[nH]ncc34)c(F)c2NC)CC1. The second kappa shape index (κ2) is 8.39. The molecule has 1 aliphatic rings. The Bertz CT molecular complexity index is 1180. The van der Waals surface area contributed by atoms with Crippen molar-refractivity contribution < 1.29 is 14.0 Å². The third kappa shape index (κ3) is 3.63. The number of benzene rings is 2. The molecule has 2 heterocycles. The van der Waals surface area contributed by atoms with Gasteiger partial charge in [0.05, 0.1) is 28.0 Å². The molecule has 0 aliphatic carbocycles. The lowest BCUT2D eigenvalue weighted by Crippen LogP contribution is -2.50. The highest BCUT2D eigenvalue weighted by molar-refractivity contribution is 6.34. The van der Waals surface area contributed by atoms with E-state index in [9.17, 15) is 9.59 Å². The number of aromatic nitrogens is 2. The smallest absolute Gasteiger partial charge is 0.256 e. The number of amides is 2. The van der Waals surface area contributed by atoms with Gasteiger partial charge < -0.3 is 15.1 Å². The molecule has 160 valence electrons. The molecule has 2 N–H and O–H groups in total. The van der Waals surface area contributed by atoms with Crippen LogP contribution in [-0.2, 0) is 4.79 Å². The molecule has 1 fully saturated rings. The Morgan fingerprint density at radius 2 is 1.97 bits per heavy atom. The summed E-state index contributed by atoms with van der Waals surface area (Å²) in [6.07, 6.45) is 2.87. The number of carbonyl (C=O) groups is 2. The number of halogens is 2. The number of anilines is 1. The van der Waals surface area contributed by atoms with Gasteiger partial charge in [-0.2, -0.15) is 5.10 Å². The molecule has 1 aromatic heterocycles. The molecule has 1 saturated heterocycles. The van der Waals surface area contributed by atoms with Gasteiger partial charge in [0.15, 0.2) is 5.82 Å². The second-order valence-corrected chi connectivity index (χ2v) is 7.59. The first kappa shape index (κ1) is 20.9. The van der Waals surface area contributed by atoms with Gasteiger partial charge in [-0.25, -0.2) is 4.39 Å². The summed E-state index contributed by atoms with van der Waals surface area (Å²) in [5.41, 5.74) is 1.77. The van der Waals surface area contributed by atoms with Gasteiger partial charge >= 0.3 is 0 Å². The molecule has 9 heteroatoms. The molecule has 31 heavy (non-hydrogen) atoms. The molecule has 7 nitrogen and oxygen atoms in total. The minimum absolute atomic E-state index is 0.0782. The van der Waals surface area contributed by atoms with E-state index in [0.29, 0.717) is 31.7 Å². The van der Waals surface area contributed by atoms with Crippen LogP contribution in [0.1, 0.15) is 10.4 Å². The lowest BCUT2D eigenvalue weighted by Gasteiger charge is -2.34. The van der Waals surface area contributed by atoms with Gasteiger partial charge in [0, 0.05) is 44.2 Å². The predicted octanol–water partition coefficient (Wildman–Crippen LogP) is 3.53. The van der Waals surface area contributed by atoms with Crippen molar-refractivity contribution >= 4 is 40.0 Å². The standard InChI is InChI=1S/C22H21ClFN5O2/c1-3-18(30)28-7-9-29(10-8-28)22(31)14-11-16(23)19(20(24)21(14)25-2)13-5-4-6-17-15(13)12-26-27-17/h3-6,11-12,25H,1,7-10H2,2H3,(H,26,27). The minimum atomic E-state index is -0.604. The fourth-order valence-electron chi connectivity index (χ4n) is 3.89. The topological polar surface area (TPSA) is 81.3 Å². The van der Waals surface area contributed by atoms with Gasteiger partial charge in [0.2, 0.25) is 5.91 Å². The third-order valence-electron chi connectivity index (χ3n) is 5.51. The van der Waals surface area contributed by atoms with E-state index in [0.717, 1.165) is 10.9 Å². The summed E-state index contributed by atoms with van der Waals surface area (Å²) in [7, 11) is 1.56. The second-order valence-electron chi connectivity index (χ2n) is 7.18. The summed E-state index contributed by atoms with van der Waals surface area (Å²) in [6.45, 7) is 4.96. The zero-order valence-electron chi connectivity index (χ0n) is 16.9. The third-order valence-corrected chi connectivity index (χ3v) is 5.80. The molecule has 0 bridgehead atoms. The number of piperazine rings is 1. The zero-order valence-corrected chi connectivity index (χ0v) is 17.7. The first-order valence-electron chi connectivity index (χ1n) is 9.79. The van der Waals surface area contributed by atoms with Crippen LogP contribution in [0, 0.1) is 5.82 Å². The zero-order chi connectivity index (χ0) is 22.1. The normalized spacial score (nSPS) is 14.0. The monoisotopic (exact) mass is 441 g/mol. The molecule has 3 aromatic rings. The molecule has 0 unspecified atom stereocenters. The fourth-order valence-corrected chi connectivity index (χ4v) is 4.19. The van der Waals surface area contributed by atoms with E-state index in [4.69, 9.17) is 11.6 Å². The Hall–Kier alpha value is -3.39. The molecule has 1 aliphatic heterocycles. The lowest BCUT2D eigenvalue weighted by atomic mass is 9.97. The molecule has 0 radical (unpaired) electrons. The van der Waals surface area contributed by atoms with Crippen LogP contribution < -0.4 is 5.32 Å². The van der Waals surface area contributed by atoms with Crippen molar-refractivity contribution in [2.75, 3.05) is 38.5 Å². The molecular weight excluding hydrogens is 421 g/mol. The molecule has 2 amide bonds. The van der Waals surface area contributed by atoms with E-state index < -0.39 is 5.82 Å². The number of nitrogens with one attached hydrogen (secondary N) is 2. The van der Waals surface area contributed by atoms with Gasteiger partial charge in [0.25, 0.3) is 5.91 Å². The maximum atomic E-state index is 15.6. The van der Waals surface area contributed by atoms with Crippen molar-refractivity contribution in [3.05, 3.63) is 59.5 Å². The van der Waals surface area contributed by atoms with Crippen LogP contribution in [0.15, 0.2) is 43.1 Å². The highest BCUT2D eigenvalue weighted by Crippen LogP contribution is 2.40. The van der Waals surface area contributed by atoms with Gasteiger partial charge in [-0.15, -0.1) is 0 Å². The van der Waals surface area contributed by atoms with Crippen molar-refractivity contribution in [1.82, 2.24) is 20.0 Å². The first-order valence-corrected chi connectivity index (χ1v) is 10.2. The van der Waals surface area contributed by atoms with Gasteiger partial charge in [-0.1, -0.05) is 30.3 Å². The number of nitrogens with zero attached hydrogens (tertiary/aromatic N) is 3. The molecule has 2 aromatic carbocycles. The van der Waals surface area contributed by atoms with Crippen molar-refractivity contribution in [2.45, 2.75) is 0 Å². The molecular formula is C22H21ClFN5O2. The van der Waals surface area contributed by atoms with Gasteiger partial charge in [-0.3, -0.25) is 14.7 Å². The quantitative estimate of drug-likeness (QED) is 0.607. The predicted molar refractivity (Wildman–Crippen MR) is 119 cm³/mol. The van der Waals surface area contributed by atoms with Crippen LogP contribution in [0.2, 0.25) is 5.02 Å². The van der Waals surface area contributed by atoms with E-state index in [1.165, 1.54) is 12.1 Å². The van der Waals surface area contributed by atoms with E-state index in [1.807, 2.05) is 6.07 Å². The van der Waals surface area contributed by atoms with Crippen LogP contribution >= 0.6 is 11.6 Å². The van der Waals surface area contributed by atoms with Crippen molar-refractivity contribution in [1.29, 1.82) is 0 Å².